The number of hydrogen-bond donors (Lipinski definition) is 1. The van der Waals surface area contributed by atoms with E-state index >= 15 is 0 Å². The molecule has 0 amide bonds. The Morgan fingerprint density at radius 1 is 1.08 bits per heavy atom. The number of aromatic hydroxyl groups is 1. The third-order valence-electron chi connectivity index (χ3n) is 3.37. The number of halogens is 3. The van der Waals surface area contributed by atoms with Gasteiger partial charge in [-0.15, -0.1) is 11.8 Å². The van der Waals surface area contributed by atoms with Crippen LogP contribution in [0.4, 0.5) is 13.2 Å². The smallest absolute Gasteiger partial charge is 0.416 e. The molecule has 0 unspecified atom stereocenters. The highest BCUT2D eigenvalue weighted by Crippen LogP contribution is 2.33. The Morgan fingerprint density at radius 2 is 1.88 bits per heavy atom. The van der Waals surface area contributed by atoms with E-state index < -0.39 is 17.4 Å². The highest BCUT2D eigenvalue weighted by atomic mass is 32.2. The average Bonchev–Trinajstić information content (AvgIpc) is 2.51. The van der Waals surface area contributed by atoms with Crippen molar-refractivity contribution in [2.75, 3.05) is 0 Å². The number of rotatable bonds is 3. The van der Waals surface area contributed by atoms with Crippen molar-refractivity contribution in [2.24, 2.45) is 0 Å². The number of phenolic OH excluding ortho intramolecular Hbond substituents is 1. The highest BCUT2D eigenvalue weighted by molar-refractivity contribution is 7.98. The summed E-state index contributed by atoms with van der Waals surface area (Å²) in [5.74, 6) is 0.266. The van der Waals surface area contributed by atoms with Crippen LogP contribution in [0.2, 0.25) is 0 Å². The second-order valence-electron chi connectivity index (χ2n) is 5.09. The zero-order valence-electron chi connectivity index (χ0n) is 12.1. The van der Waals surface area contributed by atoms with Gasteiger partial charge in [0.1, 0.15) is 11.3 Å². The SMILES string of the molecule is O=c1cc(CSc2cccc(C(F)(F)F)c2)c2ccc(O)cc2o1. The molecule has 3 nitrogen and oxygen atoms in total. The molecule has 1 N–H and O–H groups in total. The van der Waals surface area contributed by atoms with Crippen LogP contribution in [0.25, 0.3) is 11.0 Å². The Bertz CT molecular complexity index is 948. The predicted octanol–water partition coefficient (Wildman–Crippen LogP) is 4.81. The fourth-order valence-electron chi connectivity index (χ4n) is 2.26. The molecule has 0 bridgehead atoms. The molecule has 7 heteroatoms. The van der Waals surface area contributed by atoms with E-state index in [1.807, 2.05) is 0 Å². The second-order valence-corrected chi connectivity index (χ2v) is 6.13. The molecule has 0 radical (unpaired) electrons. The summed E-state index contributed by atoms with van der Waals surface area (Å²) in [5, 5.41) is 10.1. The van der Waals surface area contributed by atoms with Gasteiger partial charge in [0, 0.05) is 28.2 Å². The van der Waals surface area contributed by atoms with Crippen molar-refractivity contribution < 1.29 is 22.7 Å². The lowest BCUT2D eigenvalue weighted by molar-refractivity contribution is -0.137. The lowest BCUT2D eigenvalue weighted by Gasteiger charge is -2.09. The Morgan fingerprint density at radius 3 is 2.62 bits per heavy atom. The molecule has 124 valence electrons. The van der Waals surface area contributed by atoms with Crippen LogP contribution in [0.3, 0.4) is 0 Å². The number of thioether (sulfide) groups is 1. The Hall–Kier alpha value is -2.41. The first kappa shape index (κ1) is 16.4. The lowest BCUT2D eigenvalue weighted by Crippen LogP contribution is -2.04. The van der Waals surface area contributed by atoms with E-state index in [9.17, 15) is 23.1 Å². The molecule has 1 aromatic heterocycles. The van der Waals surface area contributed by atoms with Gasteiger partial charge in [-0.1, -0.05) is 6.07 Å². The fourth-order valence-corrected chi connectivity index (χ4v) is 3.21. The largest absolute Gasteiger partial charge is 0.508 e. The van der Waals surface area contributed by atoms with Gasteiger partial charge in [0.15, 0.2) is 0 Å². The van der Waals surface area contributed by atoms with Gasteiger partial charge in [-0.05, 0) is 35.9 Å². The van der Waals surface area contributed by atoms with Crippen LogP contribution >= 0.6 is 11.8 Å². The van der Waals surface area contributed by atoms with Gasteiger partial charge in [0.2, 0.25) is 0 Å². The summed E-state index contributed by atoms with van der Waals surface area (Å²) in [5.41, 5.74) is -0.423. The summed E-state index contributed by atoms with van der Waals surface area (Å²) in [6.07, 6.45) is -4.39. The van der Waals surface area contributed by atoms with Gasteiger partial charge in [-0.25, -0.2) is 4.79 Å². The molecular weight excluding hydrogens is 341 g/mol. The monoisotopic (exact) mass is 352 g/mol. The molecule has 0 saturated carbocycles. The van der Waals surface area contributed by atoms with Crippen molar-refractivity contribution in [3.05, 3.63) is 70.1 Å². The van der Waals surface area contributed by atoms with Crippen LogP contribution in [0.5, 0.6) is 5.75 Å². The van der Waals surface area contributed by atoms with Gasteiger partial charge >= 0.3 is 11.8 Å². The van der Waals surface area contributed by atoms with Gasteiger partial charge in [-0.2, -0.15) is 13.2 Å². The minimum Gasteiger partial charge on any atom is -0.508 e. The standard InChI is InChI=1S/C17H11F3O3S/c18-17(19,20)11-2-1-3-13(7-11)24-9-10-6-16(22)23-15-8-12(21)4-5-14(10)15/h1-8,21H,9H2. The quantitative estimate of drug-likeness (QED) is 0.543. The molecule has 0 aliphatic rings. The van der Waals surface area contributed by atoms with Crippen LogP contribution in [0.1, 0.15) is 11.1 Å². The molecule has 2 aromatic carbocycles. The summed E-state index contributed by atoms with van der Waals surface area (Å²) >= 11 is 1.19. The molecular formula is C17H11F3O3S. The van der Waals surface area contributed by atoms with Crippen molar-refractivity contribution in [2.45, 2.75) is 16.8 Å². The Labute approximate surface area is 138 Å². The maximum absolute atomic E-state index is 12.7. The maximum Gasteiger partial charge on any atom is 0.416 e. The summed E-state index contributed by atoms with van der Waals surface area (Å²) < 4.78 is 43.3. The zero-order valence-corrected chi connectivity index (χ0v) is 12.9. The van der Waals surface area contributed by atoms with Crippen LogP contribution in [-0.4, -0.2) is 5.11 Å². The number of hydrogen-bond acceptors (Lipinski definition) is 4. The average molecular weight is 352 g/mol. The Kier molecular flexibility index (Phi) is 4.28. The molecule has 3 rings (SSSR count). The van der Waals surface area contributed by atoms with Crippen LogP contribution in [0.15, 0.2) is 62.6 Å². The van der Waals surface area contributed by atoms with E-state index in [0.717, 1.165) is 12.1 Å². The van der Waals surface area contributed by atoms with Gasteiger partial charge < -0.3 is 9.52 Å². The van der Waals surface area contributed by atoms with Crippen molar-refractivity contribution in [3.8, 4) is 5.75 Å². The van der Waals surface area contributed by atoms with Gasteiger partial charge in [-0.3, -0.25) is 0 Å². The molecule has 24 heavy (non-hydrogen) atoms. The third kappa shape index (κ3) is 3.56. The van der Waals surface area contributed by atoms with Gasteiger partial charge in [0.05, 0.1) is 5.56 Å². The molecule has 1 heterocycles. The fraction of sp³-hybridized carbons (Fsp3) is 0.118. The summed E-state index contributed by atoms with van der Waals surface area (Å²) in [6, 6.07) is 10.7. The minimum absolute atomic E-state index is 0.0340. The first-order valence-electron chi connectivity index (χ1n) is 6.89. The van der Waals surface area contributed by atoms with Gasteiger partial charge in [0.25, 0.3) is 0 Å². The summed E-state index contributed by atoms with van der Waals surface area (Å²) in [7, 11) is 0. The van der Waals surface area contributed by atoms with E-state index in [1.165, 1.54) is 36.0 Å². The topological polar surface area (TPSA) is 50.4 Å². The van der Waals surface area contributed by atoms with E-state index in [0.29, 0.717) is 21.6 Å². The lowest BCUT2D eigenvalue weighted by atomic mass is 10.1. The molecule has 0 spiro atoms. The van der Waals surface area contributed by atoms with Crippen molar-refractivity contribution >= 4 is 22.7 Å². The summed E-state index contributed by atoms with van der Waals surface area (Å²) in [4.78, 5) is 12.1. The maximum atomic E-state index is 12.7. The van der Waals surface area contributed by atoms with Crippen molar-refractivity contribution in [1.29, 1.82) is 0 Å². The molecule has 0 atom stereocenters. The molecule has 0 aliphatic heterocycles. The molecule has 0 saturated heterocycles. The van der Waals surface area contributed by atoms with E-state index in [4.69, 9.17) is 4.42 Å². The highest BCUT2D eigenvalue weighted by Gasteiger charge is 2.30. The summed E-state index contributed by atoms with van der Waals surface area (Å²) in [6.45, 7) is 0. The second kappa shape index (κ2) is 6.24. The molecule has 3 aromatic rings. The third-order valence-corrected chi connectivity index (χ3v) is 4.41. The van der Waals surface area contributed by atoms with Crippen molar-refractivity contribution in [3.63, 3.8) is 0 Å². The number of phenols is 1. The molecule has 0 fully saturated rings. The van der Waals surface area contributed by atoms with E-state index in [-0.39, 0.29) is 11.3 Å². The van der Waals surface area contributed by atoms with E-state index in [1.54, 1.807) is 12.1 Å². The van der Waals surface area contributed by atoms with Crippen LogP contribution < -0.4 is 5.63 Å². The van der Waals surface area contributed by atoms with Crippen LogP contribution in [-0.2, 0) is 11.9 Å². The first-order valence-corrected chi connectivity index (χ1v) is 7.87. The van der Waals surface area contributed by atoms with Crippen molar-refractivity contribution in [1.82, 2.24) is 0 Å². The van der Waals surface area contributed by atoms with Crippen LogP contribution in [0, 0.1) is 0 Å². The van der Waals surface area contributed by atoms with E-state index in [2.05, 4.69) is 0 Å². The predicted molar refractivity (Wildman–Crippen MR) is 85.2 cm³/mol. The molecule has 0 aliphatic carbocycles. The Balaban J connectivity index is 1.90. The first-order chi connectivity index (χ1) is 11.3. The number of benzene rings is 2. The number of fused-ring (bicyclic) bond motifs is 1. The number of alkyl halides is 3. The minimum atomic E-state index is -4.39. The normalized spacial score (nSPS) is 11.8. The zero-order chi connectivity index (χ0) is 17.3.